The van der Waals surface area contributed by atoms with Gasteiger partial charge in [0.2, 0.25) is 0 Å². The van der Waals surface area contributed by atoms with Gasteiger partial charge in [0.1, 0.15) is 23.9 Å². The summed E-state index contributed by atoms with van der Waals surface area (Å²) in [7, 11) is 0. The van der Waals surface area contributed by atoms with E-state index in [0.29, 0.717) is 0 Å². The summed E-state index contributed by atoms with van der Waals surface area (Å²) in [6, 6.07) is 10.6. The second-order valence-corrected chi connectivity index (χ2v) is 6.97. The summed E-state index contributed by atoms with van der Waals surface area (Å²) < 4.78 is 25.0. The van der Waals surface area contributed by atoms with Crippen LogP contribution < -0.4 is 11.2 Å². The molecule has 0 radical (unpaired) electrons. The molecule has 0 aliphatic carbocycles. The Kier molecular flexibility index (Phi) is 3.81. The number of hydrogen-bond acceptors (Lipinski definition) is 7. The molecule has 0 amide bonds. The van der Waals surface area contributed by atoms with Crippen molar-refractivity contribution in [3.8, 4) is 0 Å². The number of ether oxygens (including phenoxy) is 4. The monoisotopic (exact) mass is 374 g/mol. The van der Waals surface area contributed by atoms with Crippen LogP contribution in [-0.2, 0) is 18.9 Å². The average molecular weight is 374 g/mol. The zero-order valence-corrected chi connectivity index (χ0v) is 14.2. The van der Waals surface area contributed by atoms with Crippen LogP contribution in [0.4, 0.5) is 0 Å². The molecular weight excluding hydrogens is 356 g/mol. The summed E-state index contributed by atoms with van der Waals surface area (Å²) in [4.78, 5) is 25.6. The van der Waals surface area contributed by atoms with Gasteiger partial charge in [0.15, 0.2) is 12.5 Å². The Morgan fingerprint density at radius 1 is 1.11 bits per heavy atom. The van der Waals surface area contributed by atoms with Crippen molar-refractivity contribution >= 4 is 0 Å². The summed E-state index contributed by atoms with van der Waals surface area (Å²) >= 11 is 0. The Hall–Kier alpha value is -2.30. The minimum absolute atomic E-state index is 0.135. The summed E-state index contributed by atoms with van der Waals surface area (Å²) in [6.07, 6.45) is -2.68. The predicted molar refractivity (Wildman–Crippen MR) is 89.9 cm³/mol. The standard InChI is InChI=1S/C18H18N2O7/c21-11-6-7-20(17(23)19-11)15-13-12(22)14-18(27-15,8-24-13)9-25-16(26-14)10-4-2-1-3-5-10/h1-7,12-16,22H,8-9H2,(H,19,21,23). The van der Waals surface area contributed by atoms with E-state index in [-0.39, 0.29) is 13.2 Å². The van der Waals surface area contributed by atoms with Gasteiger partial charge in [-0.25, -0.2) is 4.79 Å². The number of fused-ring (bicyclic) bond motifs is 2. The fourth-order valence-corrected chi connectivity index (χ4v) is 3.94. The summed E-state index contributed by atoms with van der Waals surface area (Å²) in [5, 5.41) is 10.9. The molecule has 9 heteroatoms. The first-order valence-electron chi connectivity index (χ1n) is 8.68. The van der Waals surface area contributed by atoms with Crippen LogP contribution in [0.25, 0.3) is 0 Å². The van der Waals surface area contributed by atoms with E-state index in [1.165, 1.54) is 16.8 Å². The molecule has 1 aromatic heterocycles. The molecule has 4 aliphatic rings. The fourth-order valence-electron chi connectivity index (χ4n) is 3.94. The minimum atomic E-state index is -1.04. The number of nitrogens with one attached hydrogen (secondary N) is 1. The van der Waals surface area contributed by atoms with E-state index in [1.807, 2.05) is 30.3 Å². The molecule has 4 aliphatic heterocycles. The van der Waals surface area contributed by atoms with Crippen LogP contribution in [0, 0.1) is 0 Å². The van der Waals surface area contributed by atoms with E-state index in [0.717, 1.165) is 5.56 Å². The fraction of sp³-hybridized carbons (Fsp3) is 0.444. The minimum Gasteiger partial charge on any atom is -0.387 e. The van der Waals surface area contributed by atoms with Crippen molar-refractivity contribution in [1.29, 1.82) is 0 Å². The summed E-state index contributed by atoms with van der Waals surface area (Å²) in [6.45, 7) is 0.311. The first kappa shape index (κ1) is 16.8. The van der Waals surface area contributed by atoms with E-state index < -0.39 is 47.7 Å². The average Bonchev–Trinajstić information content (AvgIpc) is 2.68. The highest BCUT2D eigenvalue weighted by atomic mass is 16.7. The Morgan fingerprint density at radius 3 is 2.67 bits per heavy atom. The van der Waals surface area contributed by atoms with Gasteiger partial charge in [0.05, 0.1) is 13.2 Å². The van der Waals surface area contributed by atoms with E-state index in [9.17, 15) is 14.7 Å². The number of rotatable bonds is 2. The van der Waals surface area contributed by atoms with E-state index in [4.69, 9.17) is 18.9 Å². The van der Waals surface area contributed by atoms with Crippen LogP contribution in [0.5, 0.6) is 0 Å². The molecule has 2 bridgehead atoms. The molecule has 5 heterocycles. The summed E-state index contributed by atoms with van der Waals surface area (Å²) in [5.41, 5.74) is -1.34. The lowest BCUT2D eigenvalue weighted by Gasteiger charge is -2.58. The van der Waals surface area contributed by atoms with Gasteiger partial charge in [0, 0.05) is 17.8 Å². The van der Waals surface area contributed by atoms with E-state index in [2.05, 4.69) is 4.98 Å². The molecule has 6 unspecified atom stereocenters. The topological polar surface area (TPSA) is 112 Å². The predicted octanol–water partition coefficient (Wildman–Crippen LogP) is -0.322. The number of aromatic nitrogens is 2. The van der Waals surface area contributed by atoms with Crippen LogP contribution in [0.3, 0.4) is 0 Å². The van der Waals surface area contributed by atoms with Gasteiger partial charge in [-0.2, -0.15) is 0 Å². The molecule has 6 atom stereocenters. The lowest BCUT2D eigenvalue weighted by Crippen LogP contribution is -2.74. The number of aromatic amines is 1. The van der Waals surface area contributed by atoms with Crippen molar-refractivity contribution in [2.24, 2.45) is 0 Å². The van der Waals surface area contributed by atoms with Gasteiger partial charge in [-0.15, -0.1) is 0 Å². The molecule has 9 nitrogen and oxygen atoms in total. The maximum atomic E-state index is 12.1. The first-order chi connectivity index (χ1) is 13.1. The molecule has 1 aromatic carbocycles. The highest BCUT2D eigenvalue weighted by Crippen LogP contribution is 2.47. The molecule has 4 saturated heterocycles. The third kappa shape index (κ3) is 2.59. The maximum absolute atomic E-state index is 12.1. The van der Waals surface area contributed by atoms with Crippen LogP contribution in [0.2, 0.25) is 0 Å². The van der Waals surface area contributed by atoms with Crippen LogP contribution in [0.1, 0.15) is 18.1 Å². The Morgan fingerprint density at radius 2 is 1.89 bits per heavy atom. The van der Waals surface area contributed by atoms with Crippen LogP contribution in [0.15, 0.2) is 52.2 Å². The Bertz CT molecular complexity index is 958. The molecule has 1 spiro atoms. The molecule has 27 heavy (non-hydrogen) atoms. The lowest BCUT2D eigenvalue weighted by molar-refractivity contribution is -0.422. The molecule has 2 aromatic rings. The Balaban J connectivity index is 1.46. The highest BCUT2D eigenvalue weighted by molar-refractivity contribution is 5.18. The SMILES string of the molecule is O=c1ccn(C2OC34COC(c5ccccc5)OC3C(O)C2OC4)c(=O)[nH]1. The lowest BCUT2D eigenvalue weighted by atomic mass is 9.83. The van der Waals surface area contributed by atoms with Crippen molar-refractivity contribution < 1.29 is 24.1 Å². The first-order valence-corrected chi connectivity index (χ1v) is 8.68. The van der Waals surface area contributed by atoms with Gasteiger partial charge in [-0.3, -0.25) is 14.3 Å². The second-order valence-electron chi connectivity index (χ2n) is 6.97. The number of aliphatic hydroxyl groups is 1. The molecular formula is C18H18N2O7. The Labute approximate surface area is 153 Å². The zero-order chi connectivity index (χ0) is 18.6. The van der Waals surface area contributed by atoms with Crippen molar-refractivity contribution in [3.63, 3.8) is 0 Å². The number of nitrogens with zero attached hydrogens (tertiary/aromatic N) is 1. The van der Waals surface area contributed by atoms with Crippen molar-refractivity contribution in [2.75, 3.05) is 13.2 Å². The zero-order valence-electron chi connectivity index (χ0n) is 14.2. The quantitative estimate of drug-likeness (QED) is 0.741. The smallest absolute Gasteiger partial charge is 0.330 e. The normalized spacial score (nSPS) is 37.7. The third-order valence-corrected chi connectivity index (χ3v) is 5.27. The third-order valence-electron chi connectivity index (χ3n) is 5.27. The second kappa shape index (κ2) is 6.11. The van der Waals surface area contributed by atoms with E-state index in [1.54, 1.807) is 0 Å². The summed E-state index contributed by atoms with van der Waals surface area (Å²) in [5.74, 6) is 0. The van der Waals surface area contributed by atoms with Gasteiger partial charge in [0.25, 0.3) is 5.56 Å². The van der Waals surface area contributed by atoms with Gasteiger partial charge in [-0.1, -0.05) is 30.3 Å². The van der Waals surface area contributed by atoms with Crippen molar-refractivity contribution in [1.82, 2.24) is 9.55 Å². The van der Waals surface area contributed by atoms with Crippen molar-refractivity contribution in [3.05, 3.63) is 69.0 Å². The number of H-pyrrole nitrogens is 1. The highest BCUT2D eigenvalue weighted by Gasteiger charge is 2.63. The van der Waals surface area contributed by atoms with Gasteiger partial charge < -0.3 is 24.1 Å². The van der Waals surface area contributed by atoms with Gasteiger partial charge >= 0.3 is 5.69 Å². The number of aliphatic hydroxyl groups excluding tert-OH is 1. The molecule has 4 fully saturated rings. The van der Waals surface area contributed by atoms with Crippen LogP contribution >= 0.6 is 0 Å². The molecule has 2 N–H and O–H groups in total. The van der Waals surface area contributed by atoms with Crippen LogP contribution in [-0.4, -0.2) is 51.8 Å². The van der Waals surface area contributed by atoms with E-state index >= 15 is 0 Å². The largest absolute Gasteiger partial charge is 0.387 e. The maximum Gasteiger partial charge on any atom is 0.330 e. The number of benzene rings is 1. The van der Waals surface area contributed by atoms with Gasteiger partial charge in [-0.05, 0) is 0 Å². The molecule has 6 rings (SSSR count). The number of hydrogen-bond donors (Lipinski definition) is 2. The molecule has 0 saturated carbocycles. The van der Waals surface area contributed by atoms with Crippen molar-refractivity contribution in [2.45, 2.75) is 36.4 Å². The molecule has 142 valence electrons.